The molecule has 0 bridgehead atoms. The van der Waals surface area contributed by atoms with Crippen molar-refractivity contribution in [2.75, 3.05) is 12.3 Å². The average molecular weight is 195 g/mol. The molecule has 1 aliphatic rings. The maximum Gasteiger partial charge on any atom is 0.187 e. The van der Waals surface area contributed by atoms with E-state index < -0.39 is 0 Å². The minimum atomic E-state index is 0.661. The van der Waals surface area contributed by atoms with Crippen molar-refractivity contribution in [1.82, 2.24) is 15.3 Å². The van der Waals surface area contributed by atoms with Crippen LogP contribution in [-0.2, 0) is 0 Å². The van der Waals surface area contributed by atoms with E-state index in [0.717, 1.165) is 10.9 Å². The minimum absolute atomic E-state index is 0.661. The van der Waals surface area contributed by atoms with Crippen LogP contribution in [0.4, 0.5) is 0 Å². The molecular weight excluding hydrogens is 182 g/mol. The van der Waals surface area contributed by atoms with Crippen LogP contribution in [0, 0.1) is 0 Å². The van der Waals surface area contributed by atoms with E-state index in [2.05, 4.69) is 15.3 Å². The average Bonchev–Trinajstić information content (AvgIpc) is 2.69. The number of aromatic nitrogens is 2. The summed E-state index contributed by atoms with van der Waals surface area (Å²) in [5.74, 6) is 1.09. The molecule has 2 heterocycles. The third kappa shape index (κ3) is 2.67. The van der Waals surface area contributed by atoms with Crippen LogP contribution in [0.25, 0.3) is 0 Å². The Morgan fingerprint density at radius 2 is 2.31 bits per heavy atom. The molecule has 0 radical (unpaired) electrons. The zero-order valence-corrected chi connectivity index (χ0v) is 8.26. The number of nitrogens with zero attached hydrogens (tertiary/aromatic N) is 2. The summed E-state index contributed by atoms with van der Waals surface area (Å²) < 4.78 is 0. The third-order valence-electron chi connectivity index (χ3n) is 2.12. The maximum atomic E-state index is 4.16. The van der Waals surface area contributed by atoms with E-state index in [1.165, 1.54) is 19.4 Å². The monoisotopic (exact) mass is 195 g/mol. The van der Waals surface area contributed by atoms with E-state index in [9.17, 15) is 0 Å². The van der Waals surface area contributed by atoms with Gasteiger partial charge < -0.3 is 5.32 Å². The molecule has 13 heavy (non-hydrogen) atoms. The van der Waals surface area contributed by atoms with Crippen LogP contribution in [0.2, 0.25) is 0 Å². The molecule has 1 aromatic heterocycles. The van der Waals surface area contributed by atoms with Crippen LogP contribution >= 0.6 is 11.8 Å². The molecule has 0 spiro atoms. The van der Waals surface area contributed by atoms with Crippen molar-refractivity contribution in [2.45, 2.75) is 24.0 Å². The van der Waals surface area contributed by atoms with Crippen molar-refractivity contribution >= 4 is 11.8 Å². The highest BCUT2D eigenvalue weighted by atomic mass is 32.2. The van der Waals surface area contributed by atoms with Gasteiger partial charge >= 0.3 is 0 Å². The largest absolute Gasteiger partial charge is 0.313 e. The van der Waals surface area contributed by atoms with Gasteiger partial charge in [-0.25, -0.2) is 9.97 Å². The first-order valence-electron chi connectivity index (χ1n) is 4.58. The second-order valence-electron chi connectivity index (χ2n) is 3.14. The molecule has 0 aromatic carbocycles. The van der Waals surface area contributed by atoms with Gasteiger partial charge in [0.05, 0.1) is 0 Å². The van der Waals surface area contributed by atoms with E-state index in [1.807, 2.05) is 6.07 Å². The standard InChI is InChI=1S/C9H13N3S/c1-3-8(10-4-1)7-13-9-11-5-2-6-12-9/h2,5-6,8,10H,1,3-4,7H2/t8-/m0/s1. The molecule has 1 saturated heterocycles. The Labute approximate surface area is 82.4 Å². The molecule has 0 unspecified atom stereocenters. The first-order chi connectivity index (χ1) is 6.45. The zero-order chi connectivity index (χ0) is 8.93. The highest BCUT2D eigenvalue weighted by Crippen LogP contribution is 2.16. The van der Waals surface area contributed by atoms with Gasteiger partial charge in [-0.2, -0.15) is 0 Å². The molecule has 0 saturated carbocycles. The summed E-state index contributed by atoms with van der Waals surface area (Å²) in [7, 11) is 0. The lowest BCUT2D eigenvalue weighted by molar-refractivity contribution is 0.673. The van der Waals surface area contributed by atoms with Crippen LogP contribution in [0.3, 0.4) is 0 Å². The molecule has 1 aliphatic heterocycles. The Bertz CT molecular complexity index is 246. The predicted octanol–water partition coefficient (Wildman–Crippen LogP) is 1.32. The summed E-state index contributed by atoms with van der Waals surface area (Å²) in [5.41, 5.74) is 0. The van der Waals surface area contributed by atoms with Crippen molar-refractivity contribution in [1.29, 1.82) is 0 Å². The molecule has 1 atom stereocenters. The molecule has 1 fully saturated rings. The number of hydrogen-bond acceptors (Lipinski definition) is 4. The Kier molecular flexibility index (Phi) is 3.16. The van der Waals surface area contributed by atoms with Crippen molar-refractivity contribution in [3.8, 4) is 0 Å². The van der Waals surface area contributed by atoms with Gasteiger partial charge in [-0.15, -0.1) is 0 Å². The fraction of sp³-hybridized carbons (Fsp3) is 0.556. The van der Waals surface area contributed by atoms with Gasteiger partial charge in [-0.05, 0) is 25.5 Å². The Hall–Kier alpha value is -0.610. The molecule has 0 aliphatic carbocycles. The number of nitrogens with one attached hydrogen (secondary N) is 1. The second kappa shape index (κ2) is 4.58. The van der Waals surface area contributed by atoms with E-state index >= 15 is 0 Å². The predicted molar refractivity (Wildman–Crippen MR) is 53.8 cm³/mol. The summed E-state index contributed by atoms with van der Waals surface area (Å²) in [5, 5.41) is 4.34. The minimum Gasteiger partial charge on any atom is -0.313 e. The molecule has 1 N–H and O–H groups in total. The molecule has 0 amide bonds. The lowest BCUT2D eigenvalue weighted by atomic mass is 10.3. The van der Waals surface area contributed by atoms with E-state index in [-0.39, 0.29) is 0 Å². The summed E-state index contributed by atoms with van der Waals surface area (Å²) in [6.07, 6.45) is 6.18. The van der Waals surface area contributed by atoms with E-state index in [1.54, 1.807) is 24.2 Å². The fourth-order valence-electron chi connectivity index (χ4n) is 1.43. The molecule has 2 rings (SSSR count). The third-order valence-corrected chi connectivity index (χ3v) is 3.16. The summed E-state index contributed by atoms with van der Waals surface area (Å²) in [6.45, 7) is 1.17. The molecular formula is C9H13N3S. The quantitative estimate of drug-likeness (QED) is 0.583. The number of rotatable bonds is 3. The van der Waals surface area contributed by atoms with E-state index in [4.69, 9.17) is 0 Å². The van der Waals surface area contributed by atoms with Crippen molar-refractivity contribution in [3.63, 3.8) is 0 Å². The first kappa shape index (κ1) is 8.97. The maximum absolute atomic E-state index is 4.16. The fourth-order valence-corrected chi connectivity index (χ4v) is 2.34. The highest BCUT2D eigenvalue weighted by molar-refractivity contribution is 7.99. The topological polar surface area (TPSA) is 37.8 Å². The number of hydrogen-bond donors (Lipinski definition) is 1. The summed E-state index contributed by atoms with van der Waals surface area (Å²) in [4.78, 5) is 8.33. The van der Waals surface area contributed by atoms with Crippen molar-refractivity contribution in [2.24, 2.45) is 0 Å². The van der Waals surface area contributed by atoms with Crippen molar-refractivity contribution in [3.05, 3.63) is 18.5 Å². The molecule has 3 nitrogen and oxygen atoms in total. The molecule has 4 heteroatoms. The van der Waals surface area contributed by atoms with Crippen LogP contribution in [0.15, 0.2) is 23.6 Å². The van der Waals surface area contributed by atoms with Crippen LogP contribution in [0.1, 0.15) is 12.8 Å². The first-order valence-corrected chi connectivity index (χ1v) is 5.57. The lowest BCUT2D eigenvalue weighted by Crippen LogP contribution is -2.23. The Morgan fingerprint density at radius 3 is 3.00 bits per heavy atom. The Morgan fingerprint density at radius 1 is 1.46 bits per heavy atom. The smallest absolute Gasteiger partial charge is 0.187 e. The van der Waals surface area contributed by atoms with Gasteiger partial charge in [-0.3, -0.25) is 0 Å². The van der Waals surface area contributed by atoms with Gasteiger partial charge in [0.15, 0.2) is 5.16 Å². The Balaban J connectivity index is 1.79. The van der Waals surface area contributed by atoms with E-state index in [0.29, 0.717) is 6.04 Å². The SMILES string of the molecule is c1cnc(SC[C@@H]2CCCN2)nc1. The number of thioether (sulfide) groups is 1. The van der Waals surface area contributed by atoms with Gasteiger partial charge in [0.25, 0.3) is 0 Å². The van der Waals surface area contributed by atoms with Gasteiger partial charge in [0.2, 0.25) is 0 Å². The van der Waals surface area contributed by atoms with Gasteiger partial charge in [0, 0.05) is 24.2 Å². The second-order valence-corrected chi connectivity index (χ2v) is 4.12. The summed E-state index contributed by atoms with van der Waals surface area (Å²) >= 11 is 1.73. The zero-order valence-electron chi connectivity index (χ0n) is 7.44. The van der Waals surface area contributed by atoms with Crippen LogP contribution in [-0.4, -0.2) is 28.3 Å². The van der Waals surface area contributed by atoms with Gasteiger partial charge in [0.1, 0.15) is 0 Å². The molecule has 70 valence electrons. The van der Waals surface area contributed by atoms with Crippen LogP contribution < -0.4 is 5.32 Å². The normalized spacial score (nSPS) is 22.0. The van der Waals surface area contributed by atoms with Gasteiger partial charge in [-0.1, -0.05) is 11.8 Å². The van der Waals surface area contributed by atoms with Crippen molar-refractivity contribution < 1.29 is 0 Å². The summed E-state index contributed by atoms with van der Waals surface area (Å²) in [6, 6.07) is 2.51. The highest BCUT2D eigenvalue weighted by Gasteiger charge is 2.14. The lowest BCUT2D eigenvalue weighted by Gasteiger charge is -2.07. The molecule has 1 aromatic rings. The van der Waals surface area contributed by atoms with Crippen LogP contribution in [0.5, 0.6) is 0 Å².